The molecular weight excluding hydrogens is 468 g/mol. The highest BCUT2D eigenvalue weighted by atomic mass is 35.5. The first kappa shape index (κ1) is 24.1. The normalized spacial score (nSPS) is 17.0. The lowest BCUT2D eigenvalue weighted by Gasteiger charge is -2.29. The zero-order chi connectivity index (χ0) is 24.7. The van der Waals surface area contributed by atoms with E-state index in [1.165, 1.54) is 5.56 Å². The zero-order valence-electron chi connectivity index (χ0n) is 20.0. The second-order valence-corrected chi connectivity index (χ2v) is 9.61. The van der Waals surface area contributed by atoms with E-state index in [1.54, 1.807) is 0 Å². The summed E-state index contributed by atoms with van der Waals surface area (Å²) in [5.74, 6) is 1.89. The van der Waals surface area contributed by atoms with Crippen molar-refractivity contribution in [3.05, 3.63) is 125 Å². The van der Waals surface area contributed by atoms with Crippen molar-refractivity contribution in [2.24, 2.45) is 11.8 Å². The van der Waals surface area contributed by atoms with E-state index in [-0.39, 0.29) is 5.91 Å². The van der Waals surface area contributed by atoms with Crippen LogP contribution in [0.3, 0.4) is 0 Å². The monoisotopic (exact) mass is 496 g/mol. The second-order valence-electron chi connectivity index (χ2n) is 9.17. The Hall–Kier alpha value is -3.60. The molecule has 0 radical (unpaired) electrons. The number of para-hydroxylation sites is 2. The van der Waals surface area contributed by atoms with Crippen LogP contribution < -0.4 is 15.0 Å². The molecule has 1 heterocycles. The Bertz CT molecular complexity index is 1280. The van der Waals surface area contributed by atoms with Gasteiger partial charge in [-0.05, 0) is 85.4 Å². The summed E-state index contributed by atoms with van der Waals surface area (Å²) in [5, 5.41) is 4.19. The highest BCUT2D eigenvalue weighted by molar-refractivity contribution is 6.30. The predicted molar refractivity (Wildman–Crippen MR) is 146 cm³/mol. The number of hydrogen-bond acceptors (Lipinski definition) is 3. The minimum absolute atomic E-state index is 0.0887. The average molecular weight is 497 g/mol. The quantitative estimate of drug-likeness (QED) is 0.290. The van der Waals surface area contributed by atoms with Crippen LogP contribution in [0.15, 0.2) is 109 Å². The van der Waals surface area contributed by atoms with Crippen LogP contribution in [0.1, 0.15) is 15.9 Å². The lowest BCUT2D eigenvalue weighted by molar-refractivity contribution is 0.0979. The van der Waals surface area contributed by atoms with E-state index in [0.29, 0.717) is 40.5 Å². The Morgan fingerprint density at radius 3 is 2.19 bits per heavy atom. The maximum atomic E-state index is 14.1. The molecule has 1 aliphatic heterocycles. The van der Waals surface area contributed by atoms with Crippen LogP contribution in [0, 0.1) is 11.8 Å². The fraction of sp³-hybridized carbons (Fsp3) is 0.194. The molecule has 0 spiro atoms. The van der Waals surface area contributed by atoms with Crippen molar-refractivity contribution in [1.29, 1.82) is 0 Å². The van der Waals surface area contributed by atoms with Crippen molar-refractivity contribution < 1.29 is 9.53 Å². The first-order valence-electron chi connectivity index (χ1n) is 12.3. The van der Waals surface area contributed by atoms with E-state index >= 15 is 0 Å². The molecule has 4 nitrogen and oxygen atoms in total. The highest BCUT2D eigenvalue weighted by Gasteiger charge is 2.32. The molecular formula is C31H29ClN2O2. The number of ether oxygens (including phenoxy) is 1. The van der Waals surface area contributed by atoms with Gasteiger partial charge in [0.15, 0.2) is 0 Å². The van der Waals surface area contributed by atoms with Crippen molar-refractivity contribution in [2.75, 3.05) is 24.5 Å². The number of carbonyl (C=O) groups is 1. The predicted octanol–water partition coefficient (Wildman–Crippen LogP) is 6.86. The van der Waals surface area contributed by atoms with Gasteiger partial charge in [0.05, 0.1) is 5.56 Å². The summed E-state index contributed by atoms with van der Waals surface area (Å²) in [6, 6.07) is 35.0. The van der Waals surface area contributed by atoms with Gasteiger partial charge in [-0.2, -0.15) is 0 Å². The number of amides is 1. The number of benzene rings is 4. The second kappa shape index (κ2) is 11.4. The molecule has 1 aliphatic rings. The van der Waals surface area contributed by atoms with Crippen molar-refractivity contribution >= 4 is 23.2 Å². The number of halogens is 1. The van der Waals surface area contributed by atoms with Crippen molar-refractivity contribution in [1.82, 2.24) is 5.32 Å². The molecule has 5 heteroatoms. The molecule has 4 aromatic rings. The third-order valence-corrected chi connectivity index (χ3v) is 6.96. The van der Waals surface area contributed by atoms with Gasteiger partial charge in [0.2, 0.25) is 0 Å². The van der Waals surface area contributed by atoms with Gasteiger partial charge in [0.1, 0.15) is 11.5 Å². The molecule has 2 atom stereocenters. The Morgan fingerprint density at radius 1 is 0.806 bits per heavy atom. The molecule has 4 aromatic carbocycles. The van der Waals surface area contributed by atoms with Crippen molar-refractivity contribution in [2.45, 2.75) is 6.42 Å². The summed E-state index contributed by atoms with van der Waals surface area (Å²) in [6.45, 7) is 2.41. The van der Waals surface area contributed by atoms with E-state index in [4.69, 9.17) is 16.3 Å². The summed E-state index contributed by atoms with van der Waals surface area (Å²) in [4.78, 5) is 16.0. The maximum absolute atomic E-state index is 14.1. The van der Waals surface area contributed by atoms with Gasteiger partial charge in [-0.25, -0.2) is 0 Å². The summed E-state index contributed by atoms with van der Waals surface area (Å²) in [5.41, 5.74) is 2.67. The van der Waals surface area contributed by atoms with Crippen LogP contribution in [-0.4, -0.2) is 25.5 Å². The fourth-order valence-corrected chi connectivity index (χ4v) is 4.94. The molecule has 0 aliphatic carbocycles. The third-order valence-electron chi connectivity index (χ3n) is 6.71. The number of anilines is 1. The molecule has 1 N–H and O–H groups in total. The van der Waals surface area contributed by atoms with Crippen LogP contribution in [0.4, 0.5) is 5.69 Å². The van der Waals surface area contributed by atoms with Crippen LogP contribution >= 0.6 is 11.6 Å². The molecule has 1 saturated heterocycles. The minimum Gasteiger partial charge on any atom is -0.457 e. The van der Waals surface area contributed by atoms with Crippen molar-refractivity contribution in [3.63, 3.8) is 0 Å². The summed E-state index contributed by atoms with van der Waals surface area (Å²) >= 11 is 6.18. The lowest BCUT2D eigenvalue weighted by atomic mass is 9.89. The van der Waals surface area contributed by atoms with Gasteiger partial charge in [0, 0.05) is 17.3 Å². The van der Waals surface area contributed by atoms with Crippen LogP contribution in [-0.2, 0) is 6.42 Å². The standard InChI is InChI=1S/C31H29ClN2O2/c32-26-15-17-27(18-16-26)34(22-25-21-33-20-24(25)19-23-9-3-1-4-10-23)31(35)29-13-7-8-14-30(29)36-28-11-5-2-6-12-28/h1-18,24-25,33H,19-22H2/t24-,25+/m0/s1. The lowest BCUT2D eigenvalue weighted by Crippen LogP contribution is -2.38. The Balaban J connectivity index is 1.43. The van der Waals surface area contributed by atoms with Gasteiger partial charge in [0.25, 0.3) is 5.91 Å². The van der Waals surface area contributed by atoms with Gasteiger partial charge < -0.3 is 15.0 Å². The molecule has 0 saturated carbocycles. The topological polar surface area (TPSA) is 41.6 Å². The molecule has 182 valence electrons. The number of nitrogens with one attached hydrogen (secondary N) is 1. The first-order chi connectivity index (χ1) is 17.7. The molecule has 36 heavy (non-hydrogen) atoms. The van der Waals surface area contributed by atoms with Gasteiger partial charge in [-0.1, -0.05) is 72.3 Å². The fourth-order valence-electron chi connectivity index (χ4n) is 4.81. The van der Waals surface area contributed by atoms with Gasteiger partial charge in [-0.15, -0.1) is 0 Å². The van der Waals surface area contributed by atoms with E-state index < -0.39 is 0 Å². The average Bonchev–Trinajstić information content (AvgIpc) is 3.35. The number of carbonyl (C=O) groups excluding carboxylic acids is 1. The van der Waals surface area contributed by atoms with Crippen LogP contribution in [0.5, 0.6) is 11.5 Å². The molecule has 0 aromatic heterocycles. The molecule has 0 bridgehead atoms. The summed E-state index contributed by atoms with van der Waals surface area (Å²) in [6.07, 6.45) is 0.981. The smallest absolute Gasteiger partial charge is 0.262 e. The SMILES string of the molecule is O=C(c1ccccc1Oc1ccccc1)N(C[C@H]1CNC[C@@H]1Cc1ccccc1)c1ccc(Cl)cc1. The van der Waals surface area contributed by atoms with Gasteiger partial charge in [-0.3, -0.25) is 4.79 Å². The third kappa shape index (κ3) is 5.78. The van der Waals surface area contributed by atoms with E-state index in [9.17, 15) is 4.79 Å². The summed E-state index contributed by atoms with van der Waals surface area (Å²) < 4.78 is 6.12. The minimum atomic E-state index is -0.0887. The highest BCUT2D eigenvalue weighted by Crippen LogP contribution is 2.31. The summed E-state index contributed by atoms with van der Waals surface area (Å²) in [7, 11) is 0. The van der Waals surface area contributed by atoms with E-state index in [1.807, 2.05) is 89.8 Å². The van der Waals surface area contributed by atoms with E-state index in [0.717, 1.165) is 25.2 Å². The number of rotatable bonds is 8. The Morgan fingerprint density at radius 2 is 1.44 bits per heavy atom. The van der Waals surface area contributed by atoms with Crippen LogP contribution in [0.2, 0.25) is 5.02 Å². The number of nitrogens with zero attached hydrogens (tertiary/aromatic N) is 1. The largest absolute Gasteiger partial charge is 0.457 e. The van der Waals surface area contributed by atoms with Gasteiger partial charge >= 0.3 is 0 Å². The van der Waals surface area contributed by atoms with Crippen molar-refractivity contribution in [3.8, 4) is 11.5 Å². The number of hydrogen-bond donors (Lipinski definition) is 1. The van der Waals surface area contributed by atoms with E-state index in [2.05, 4.69) is 29.6 Å². The maximum Gasteiger partial charge on any atom is 0.262 e. The first-order valence-corrected chi connectivity index (χ1v) is 12.7. The molecule has 1 amide bonds. The molecule has 1 fully saturated rings. The molecule has 5 rings (SSSR count). The molecule has 0 unspecified atom stereocenters. The Kier molecular flexibility index (Phi) is 7.65. The van der Waals surface area contributed by atoms with Crippen LogP contribution in [0.25, 0.3) is 0 Å². The Labute approximate surface area is 217 Å². The zero-order valence-corrected chi connectivity index (χ0v) is 20.8.